The molecule has 0 aromatic carbocycles. The molecule has 1 saturated heterocycles. The number of aliphatic imine (C=N–C) groups is 1. The summed E-state index contributed by atoms with van der Waals surface area (Å²) in [6.45, 7) is 12.7. The second-order valence-corrected chi connectivity index (χ2v) is 7.65. The predicted octanol–water partition coefficient (Wildman–Crippen LogP) is 2.28. The molecule has 0 amide bonds. The zero-order chi connectivity index (χ0) is 16.5. The van der Waals surface area contributed by atoms with Crippen molar-refractivity contribution < 1.29 is 0 Å². The van der Waals surface area contributed by atoms with E-state index in [0.717, 1.165) is 44.5 Å². The van der Waals surface area contributed by atoms with Gasteiger partial charge in [0.1, 0.15) is 0 Å². The van der Waals surface area contributed by atoms with Gasteiger partial charge >= 0.3 is 0 Å². The summed E-state index contributed by atoms with van der Waals surface area (Å²) >= 11 is 1.77. The van der Waals surface area contributed by atoms with Crippen molar-refractivity contribution in [2.75, 3.05) is 39.3 Å². The Balaban J connectivity index is 1.69. The molecule has 0 aliphatic carbocycles. The van der Waals surface area contributed by atoms with Gasteiger partial charge in [0.15, 0.2) is 5.96 Å². The van der Waals surface area contributed by atoms with Crippen LogP contribution in [-0.4, -0.2) is 55.1 Å². The topological polar surface area (TPSA) is 52.6 Å². The predicted molar refractivity (Wildman–Crippen MR) is 99.4 cm³/mol. The summed E-state index contributed by atoms with van der Waals surface area (Å²) in [6, 6.07) is 0. The van der Waals surface area contributed by atoms with Crippen LogP contribution in [0, 0.1) is 12.8 Å². The van der Waals surface area contributed by atoms with Gasteiger partial charge in [0.2, 0.25) is 0 Å². The molecular weight excluding hydrogens is 306 g/mol. The van der Waals surface area contributed by atoms with Gasteiger partial charge in [0.05, 0.1) is 11.6 Å². The number of piperidine rings is 1. The third-order valence-electron chi connectivity index (χ3n) is 4.21. The van der Waals surface area contributed by atoms with Crippen LogP contribution in [0.5, 0.6) is 0 Å². The first-order valence-corrected chi connectivity index (χ1v) is 9.65. The molecule has 0 unspecified atom stereocenters. The molecule has 2 rings (SSSR count). The van der Waals surface area contributed by atoms with Crippen molar-refractivity contribution in [1.29, 1.82) is 0 Å². The zero-order valence-electron chi connectivity index (χ0n) is 14.8. The maximum absolute atomic E-state index is 4.70. The lowest BCUT2D eigenvalue weighted by Crippen LogP contribution is -2.39. The van der Waals surface area contributed by atoms with Gasteiger partial charge < -0.3 is 15.5 Å². The van der Waals surface area contributed by atoms with Crippen LogP contribution in [-0.2, 0) is 6.42 Å². The van der Waals surface area contributed by atoms with Crippen molar-refractivity contribution in [3.05, 3.63) is 16.1 Å². The molecule has 5 nitrogen and oxygen atoms in total. The number of hydrogen-bond donors (Lipinski definition) is 2. The van der Waals surface area contributed by atoms with Gasteiger partial charge in [-0.2, -0.15) is 0 Å². The first-order valence-electron chi connectivity index (χ1n) is 8.83. The van der Waals surface area contributed by atoms with Crippen LogP contribution in [0.25, 0.3) is 0 Å². The van der Waals surface area contributed by atoms with Crippen LogP contribution < -0.4 is 10.6 Å². The number of aromatic nitrogens is 1. The van der Waals surface area contributed by atoms with E-state index in [-0.39, 0.29) is 0 Å². The van der Waals surface area contributed by atoms with Crippen LogP contribution in [0.15, 0.2) is 11.2 Å². The summed E-state index contributed by atoms with van der Waals surface area (Å²) in [5.74, 6) is 1.81. The molecule has 0 saturated carbocycles. The molecule has 2 N–H and O–H groups in total. The number of aryl methyl sites for hydroxylation is 1. The first-order chi connectivity index (χ1) is 11.2. The molecule has 1 fully saturated rings. The molecule has 1 aromatic heterocycles. The largest absolute Gasteiger partial charge is 0.357 e. The summed E-state index contributed by atoms with van der Waals surface area (Å²) in [7, 11) is 0. The molecule has 6 heteroatoms. The summed E-state index contributed by atoms with van der Waals surface area (Å²) < 4.78 is 0. The summed E-state index contributed by atoms with van der Waals surface area (Å²) in [6.07, 6.45) is 5.55. The number of thiazole rings is 1. The molecule has 0 bridgehead atoms. The molecule has 2 heterocycles. The van der Waals surface area contributed by atoms with E-state index in [4.69, 9.17) is 4.99 Å². The van der Waals surface area contributed by atoms with Crippen molar-refractivity contribution in [2.45, 2.75) is 40.0 Å². The molecule has 0 atom stereocenters. The summed E-state index contributed by atoms with van der Waals surface area (Å²) in [5, 5.41) is 7.92. The van der Waals surface area contributed by atoms with E-state index in [9.17, 15) is 0 Å². The van der Waals surface area contributed by atoms with Crippen LogP contribution in [0.3, 0.4) is 0 Å². The molecule has 23 heavy (non-hydrogen) atoms. The molecule has 1 aliphatic heterocycles. The Labute approximate surface area is 144 Å². The molecule has 130 valence electrons. The van der Waals surface area contributed by atoms with Crippen molar-refractivity contribution >= 4 is 17.3 Å². The second-order valence-electron chi connectivity index (χ2n) is 6.33. The number of nitrogens with zero attached hydrogens (tertiary/aromatic N) is 3. The van der Waals surface area contributed by atoms with Gasteiger partial charge in [-0.1, -0.05) is 6.92 Å². The smallest absolute Gasteiger partial charge is 0.191 e. The maximum atomic E-state index is 4.70. The minimum atomic E-state index is 0.861. The number of guanidine groups is 1. The fourth-order valence-electron chi connectivity index (χ4n) is 2.74. The van der Waals surface area contributed by atoms with Crippen molar-refractivity contribution in [3.8, 4) is 0 Å². The third-order valence-corrected chi connectivity index (χ3v) is 5.18. The normalized spacial score (nSPS) is 17.4. The average Bonchev–Trinajstić information content (AvgIpc) is 2.95. The van der Waals surface area contributed by atoms with Crippen LogP contribution in [0.4, 0.5) is 0 Å². The second kappa shape index (κ2) is 9.88. The standard InChI is InChI=1S/C17H31N5S/c1-4-18-17(19-8-5-16-21-13-15(3)23-16)20-9-12-22-10-6-14(2)7-11-22/h13-14H,4-12H2,1-3H3,(H2,18,19,20). The zero-order valence-corrected chi connectivity index (χ0v) is 15.6. The van der Waals surface area contributed by atoms with Gasteiger partial charge in [-0.25, -0.2) is 4.98 Å². The van der Waals surface area contributed by atoms with E-state index in [1.807, 2.05) is 6.20 Å². The molecular formula is C17H31N5S. The Bertz CT molecular complexity index is 477. The Hall–Kier alpha value is -1.14. The Morgan fingerprint density at radius 3 is 2.83 bits per heavy atom. The number of likely N-dealkylation sites (tertiary alicyclic amines) is 1. The van der Waals surface area contributed by atoms with E-state index < -0.39 is 0 Å². The van der Waals surface area contributed by atoms with E-state index in [2.05, 4.69) is 41.3 Å². The molecule has 1 aliphatic rings. The minimum Gasteiger partial charge on any atom is -0.357 e. The highest BCUT2D eigenvalue weighted by molar-refractivity contribution is 7.11. The van der Waals surface area contributed by atoms with E-state index >= 15 is 0 Å². The van der Waals surface area contributed by atoms with Crippen molar-refractivity contribution in [1.82, 2.24) is 20.5 Å². The lowest BCUT2D eigenvalue weighted by molar-refractivity contribution is 0.197. The van der Waals surface area contributed by atoms with Crippen LogP contribution >= 0.6 is 11.3 Å². The third kappa shape index (κ3) is 6.87. The maximum Gasteiger partial charge on any atom is 0.191 e. The lowest BCUT2D eigenvalue weighted by Gasteiger charge is -2.29. The number of hydrogen-bond acceptors (Lipinski definition) is 4. The quantitative estimate of drug-likeness (QED) is 0.592. The first kappa shape index (κ1) is 18.2. The van der Waals surface area contributed by atoms with Gasteiger partial charge in [-0.05, 0) is 45.7 Å². The SMILES string of the molecule is CCNC(=NCCN1CCC(C)CC1)NCCc1ncc(C)s1. The minimum absolute atomic E-state index is 0.861. The van der Waals surface area contributed by atoms with Gasteiger partial charge in [0.25, 0.3) is 0 Å². The Morgan fingerprint density at radius 2 is 2.17 bits per heavy atom. The van der Waals surface area contributed by atoms with Crippen molar-refractivity contribution in [3.63, 3.8) is 0 Å². The van der Waals surface area contributed by atoms with Crippen LogP contribution in [0.2, 0.25) is 0 Å². The lowest BCUT2D eigenvalue weighted by atomic mass is 9.99. The van der Waals surface area contributed by atoms with Gasteiger partial charge in [-0.15, -0.1) is 11.3 Å². The Morgan fingerprint density at radius 1 is 1.39 bits per heavy atom. The highest BCUT2D eigenvalue weighted by atomic mass is 32.1. The van der Waals surface area contributed by atoms with Gasteiger partial charge in [0, 0.05) is 37.1 Å². The summed E-state index contributed by atoms with van der Waals surface area (Å²) in [4.78, 5) is 12.9. The van der Waals surface area contributed by atoms with E-state index in [1.165, 1.54) is 35.8 Å². The van der Waals surface area contributed by atoms with E-state index in [0.29, 0.717) is 0 Å². The average molecular weight is 338 g/mol. The molecule has 0 spiro atoms. The van der Waals surface area contributed by atoms with E-state index in [1.54, 1.807) is 11.3 Å². The molecule has 0 radical (unpaired) electrons. The fourth-order valence-corrected chi connectivity index (χ4v) is 3.52. The highest BCUT2D eigenvalue weighted by Gasteiger charge is 2.14. The van der Waals surface area contributed by atoms with Crippen LogP contribution in [0.1, 0.15) is 36.6 Å². The molecule has 1 aromatic rings. The fraction of sp³-hybridized carbons (Fsp3) is 0.765. The van der Waals surface area contributed by atoms with Crippen molar-refractivity contribution in [2.24, 2.45) is 10.9 Å². The monoisotopic (exact) mass is 337 g/mol. The Kier molecular flexibility index (Phi) is 7.82. The number of rotatable bonds is 7. The highest BCUT2D eigenvalue weighted by Crippen LogP contribution is 2.15. The number of nitrogens with one attached hydrogen (secondary N) is 2. The van der Waals surface area contributed by atoms with Gasteiger partial charge in [-0.3, -0.25) is 4.99 Å². The summed E-state index contributed by atoms with van der Waals surface area (Å²) in [5.41, 5.74) is 0.